The van der Waals surface area contributed by atoms with E-state index < -0.39 is 17.8 Å². The highest BCUT2D eigenvalue weighted by molar-refractivity contribution is 9.10. The van der Waals surface area contributed by atoms with Gasteiger partial charge in [0.25, 0.3) is 6.43 Å². The fourth-order valence-electron chi connectivity index (χ4n) is 0.801. The molecule has 1 aromatic heterocycles. The van der Waals surface area contributed by atoms with Gasteiger partial charge in [-0.05, 0) is 28.9 Å². The lowest BCUT2D eigenvalue weighted by Gasteiger charge is -2.04. The highest BCUT2D eigenvalue weighted by atomic mass is 79.9. The Kier molecular flexibility index (Phi) is 2.72. The number of aromatic nitrogens is 1. The molecule has 0 saturated heterocycles. The largest absolute Gasteiger partial charge is 0.269 e. The average Bonchev–Trinajstić information content (AvgIpc) is 1.82. The molecule has 0 spiro atoms. The lowest BCUT2D eigenvalue weighted by atomic mass is 10.2. The Morgan fingerprint density at radius 2 is 2.08 bits per heavy atom. The zero-order valence-corrected chi connectivity index (χ0v) is 7.70. The van der Waals surface area contributed by atoms with Gasteiger partial charge in [-0.15, -0.1) is 0 Å². The maximum absolute atomic E-state index is 12.8. The number of hydrogen-bond acceptors (Lipinski definition) is 1. The molecule has 0 amide bonds. The standard InChI is InChI=1S/C7H5BrF3N/c1-3-2-4(9)5(7(10)11)6(8)12-3/h2,7H,1H3. The average molecular weight is 240 g/mol. The van der Waals surface area contributed by atoms with E-state index in [1.54, 1.807) is 0 Å². The molecule has 0 unspecified atom stereocenters. The number of rotatable bonds is 1. The summed E-state index contributed by atoms with van der Waals surface area (Å²) < 4.78 is 36.9. The van der Waals surface area contributed by atoms with Gasteiger partial charge in [0.15, 0.2) is 0 Å². The van der Waals surface area contributed by atoms with E-state index in [4.69, 9.17) is 0 Å². The van der Waals surface area contributed by atoms with Gasteiger partial charge in [0, 0.05) is 5.69 Å². The Hall–Kier alpha value is -0.580. The van der Waals surface area contributed by atoms with Crippen LogP contribution in [0, 0.1) is 12.7 Å². The van der Waals surface area contributed by atoms with Crippen LogP contribution in [0.2, 0.25) is 0 Å². The van der Waals surface area contributed by atoms with E-state index in [-0.39, 0.29) is 4.60 Å². The zero-order valence-electron chi connectivity index (χ0n) is 6.11. The van der Waals surface area contributed by atoms with Crippen LogP contribution >= 0.6 is 15.9 Å². The Labute approximate surface area is 75.7 Å². The van der Waals surface area contributed by atoms with Gasteiger partial charge in [-0.2, -0.15) is 0 Å². The van der Waals surface area contributed by atoms with Crippen LogP contribution in [0.15, 0.2) is 10.7 Å². The van der Waals surface area contributed by atoms with Gasteiger partial charge in [0.1, 0.15) is 10.4 Å². The molecule has 1 aromatic rings. The van der Waals surface area contributed by atoms with Gasteiger partial charge in [0.05, 0.1) is 5.56 Å². The number of aryl methyl sites for hydroxylation is 1. The number of alkyl halides is 2. The van der Waals surface area contributed by atoms with Gasteiger partial charge in [-0.3, -0.25) is 0 Å². The molecule has 5 heteroatoms. The number of hydrogen-bond donors (Lipinski definition) is 0. The van der Waals surface area contributed by atoms with Crippen molar-refractivity contribution in [1.29, 1.82) is 0 Å². The smallest absolute Gasteiger partial charge is 0.246 e. The minimum Gasteiger partial charge on any atom is -0.246 e. The summed E-state index contributed by atoms with van der Waals surface area (Å²) in [5.74, 6) is -0.927. The van der Waals surface area contributed by atoms with Crippen LogP contribution in [-0.4, -0.2) is 4.98 Å². The second-order valence-electron chi connectivity index (χ2n) is 2.25. The summed E-state index contributed by atoms with van der Waals surface area (Å²) in [5.41, 5.74) is -0.315. The molecule has 1 rings (SSSR count). The summed E-state index contributed by atoms with van der Waals surface area (Å²) in [6.07, 6.45) is -2.84. The summed E-state index contributed by atoms with van der Waals surface area (Å²) >= 11 is 2.77. The van der Waals surface area contributed by atoms with E-state index in [0.29, 0.717) is 5.69 Å². The molecule has 0 aromatic carbocycles. The van der Waals surface area contributed by atoms with Crippen molar-refractivity contribution in [3.63, 3.8) is 0 Å². The van der Waals surface area contributed by atoms with Crippen molar-refractivity contribution in [2.75, 3.05) is 0 Å². The lowest BCUT2D eigenvalue weighted by Crippen LogP contribution is -1.96. The fourth-order valence-corrected chi connectivity index (χ4v) is 1.44. The molecule has 1 nitrogen and oxygen atoms in total. The maximum Gasteiger partial charge on any atom is 0.269 e. The molecule has 66 valence electrons. The predicted octanol–water partition coefficient (Wildman–Crippen LogP) is 3.23. The summed E-state index contributed by atoms with van der Waals surface area (Å²) in [6.45, 7) is 1.53. The van der Waals surface area contributed by atoms with Gasteiger partial charge in [-0.25, -0.2) is 18.2 Å². The van der Waals surface area contributed by atoms with Crippen molar-refractivity contribution < 1.29 is 13.2 Å². The van der Waals surface area contributed by atoms with Crippen molar-refractivity contribution in [2.45, 2.75) is 13.3 Å². The molecule has 0 aliphatic carbocycles. The van der Waals surface area contributed by atoms with E-state index >= 15 is 0 Å². The van der Waals surface area contributed by atoms with Crippen molar-refractivity contribution in [3.8, 4) is 0 Å². The van der Waals surface area contributed by atoms with Crippen LogP contribution in [0.1, 0.15) is 17.7 Å². The quantitative estimate of drug-likeness (QED) is 0.686. The van der Waals surface area contributed by atoms with Gasteiger partial charge in [-0.1, -0.05) is 0 Å². The lowest BCUT2D eigenvalue weighted by molar-refractivity contribution is 0.144. The SMILES string of the molecule is Cc1cc(F)c(C(F)F)c(Br)n1. The normalized spacial score (nSPS) is 10.8. The van der Waals surface area contributed by atoms with Gasteiger partial charge < -0.3 is 0 Å². The third-order valence-electron chi connectivity index (χ3n) is 1.31. The van der Waals surface area contributed by atoms with E-state index in [0.717, 1.165) is 6.07 Å². The van der Waals surface area contributed by atoms with Crippen molar-refractivity contribution in [2.24, 2.45) is 0 Å². The Balaban J connectivity index is 3.28. The first-order valence-electron chi connectivity index (χ1n) is 3.13. The Morgan fingerprint density at radius 3 is 2.50 bits per heavy atom. The first-order valence-corrected chi connectivity index (χ1v) is 3.92. The third-order valence-corrected chi connectivity index (χ3v) is 1.91. The monoisotopic (exact) mass is 239 g/mol. The van der Waals surface area contributed by atoms with E-state index in [2.05, 4.69) is 20.9 Å². The van der Waals surface area contributed by atoms with Crippen LogP contribution in [0.5, 0.6) is 0 Å². The molecule has 0 fully saturated rings. The van der Waals surface area contributed by atoms with Crippen molar-refractivity contribution in [1.82, 2.24) is 4.98 Å². The molecule has 0 radical (unpaired) electrons. The van der Waals surface area contributed by atoms with E-state index in [1.165, 1.54) is 6.92 Å². The van der Waals surface area contributed by atoms with Gasteiger partial charge >= 0.3 is 0 Å². The molecule has 0 saturated carbocycles. The highest BCUT2D eigenvalue weighted by Crippen LogP contribution is 2.28. The predicted molar refractivity (Wildman–Crippen MR) is 41.6 cm³/mol. The summed E-state index contributed by atoms with van der Waals surface area (Å²) in [4.78, 5) is 3.65. The minimum atomic E-state index is -2.84. The topological polar surface area (TPSA) is 12.9 Å². The van der Waals surface area contributed by atoms with Crippen molar-refractivity contribution >= 4 is 15.9 Å². The van der Waals surface area contributed by atoms with Crippen LogP contribution < -0.4 is 0 Å². The molecule has 12 heavy (non-hydrogen) atoms. The fraction of sp³-hybridized carbons (Fsp3) is 0.286. The highest BCUT2D eigenvalue weighted by Gasteiger charge is 2.18. The second-order valence-corrected chi connectivity index (χ2v) is 3.00. The molecular formula is C7H5BrF3N. The van der Waals surface area contributed by atoms with Crippen molar-refractivity contribution in [3.05, 3.63) is 27.7 Å². The number of nitrogens with zero attached hydrogens (tertiary/aromatic N) is 1. The van der Waals surface area contributed by atoms with E-state index in [9.17, 15) is 13.2 Å². The molecular weight excluding hydrogens is 235 g/mol. The van der Waals surface area contributed by atoms with Crippen LogP contribution in [-0.2, 0) is 0 Å². The minimum absolute atomic E-state index is 0.130. The molecule has 0 bridgehead atoms. The molecule has 0 aliphatic heterocycles. The molecule has 0 aliphatic rings. The summed E-state index contributed by atoms with van der Waals surface area (Å²) in [5, 5.41) is 0. The van der Waals surface area contributed by atoms with Crippen LogP contribution in [0.3, 0.4) is 0 Å². The Morgan fingerprint density at radius 1 is 1.50 bits per heavy atom. The third kappa shape index (κ3) is 1.77. The first kappa shape index (κ1) is 9.51. The molecule has 0 N–H and O–H groups in total. The molecule has 0 atom stereocenters. The van der Waals surface area contributed by atoms with E-state index in [1.807, 2.05) is 0 Å². The molecule has 1 heterocycles. The van der Waals surface area contributed by atoms with Crippen LogP contribution in [0.25, 0.3) is 0 Å². The first-order chi connectivity index (χ1) is 5.52. The number of halogens is 4. The van der Waals surface area contributed by atoms with Gasteiger partial charge in [0.2, 0.25) is 0 Å². The zero-order chi connectivity index (χ0) is 9.30. The summed E-state index contributed by atoms with van der Waals surface area (Å²) in [7, 11) is 0. The number of pyridine rings is 1. The second kappa shape index (κ2) is 3.43. The maximum atomic E-state index is 12.8. The Bertz CT molecular complexity index is 278. The summed E-state index contributed by atoms with van der Waals surface area (Å²) in [6, 6.07) is 0.978. The van der Waals surface area contributed by atoms with Crippen LogP contribution in [0.4, 0.5) is 13.2 Å².